The zero-order valence-electron chi connectivity index (χ0n) is 10.8. The fraction of sp³-hybridized carbons (Fsp3) is 0. The number of hydrogen-bond acceptors (Lipinski definition) is 5. The third kappa shape index (κ3) is 2.32. The molecule has 0 fully saturated rings. The number of aromatic carboxylic acids is 1. The molecule has 21 heavy (non-hydrogen) atoms. The van der Waals surface area contributed by atoms with E-state index in [9.17, 15) is 4.79 Å². The molecule has 0 aliphatic heterocycles. The van der Waals surface area contributed by atoms with E-state index in [0.717, 1.165) is 5.56 Å². The Balaban J connectivity index is 2.11. The third-order valence-electron chi connectivity index (χ3n) is 3.00. The molecule has 3 rings (SSSR count). The second-order valence-electron chi connectivity index (χ2n) is 4.36. The molecule has 0 aliphatic rings. The fourth-order valence-electron chi connectivity index (χ4n) is 2.00. The highest BCUT2D eigenvalue weighted by atomic mass is 16.4. The highest BCUT2D eigenvalue weighted by Gasteiger charge is 2.14. The normalized spacial score (nSPS) is 10.5. The van der Waals surface area contributed by atoms with Crippen molar-refractivity contribution in [3.8, 4) is 17.1 Å². The second kappa shape index (κ2) is 5.04. The number of aromatic nitrogens is 4. The topological polar surface area (TPSA) is 107 Å². The first-order valence-corrected chi connectivity index (χ1v) is 6.14. The molecule has 0 unspecified atom stereocenters. The minimum Gasteiger partial charge on any atom is -0.478 e. The highest BCUT2D eigenvalue weighted by Crippen LogP contribution is 2.23. The number of nitrogen functional groups attached to an aromatic ring is 1. The summed E-state index contributed by atoms with van der Waals surface area (Å²) in [5, 5.41) is 20.5. The summed E-state index contributed by atoms with van der Waals surface area (Å²) in [5.74, 6) is -0.501. The zero-order chi connectivity index (χ0) is 14.8. The molecule has 7 heteroatoms. The number of nitrogens with zero attached hydrogens (tertiary/aromatic N) is 4. The molecule has 0 aliphatic carbocycles. The predicted molar refractivity (Wildman–Crippen MR) is 76.0 cm³/mol. The van der Waals surface area contributed by atoms with Crippen LogP contribution < -0.4 is 5.73 Å². The fourth-order valence-corrected chi connectivity index (χ4v) is 2.00. The Morgan fingerprint density at radius 3 is 2.57 bits per heavy atom. The molecule has 0 amide bonds. The number of rotatable bonds is 3. The quantitative estimate of drug-likeness (QED) is 0.706. The molecule has 0 saturated carbocycles. The lowest BCUT2D eigenvalue weighted by molar-refractivity contribution is 0.0697. The molecular weight excluding hydrogens is 270 g/mol. The highest BCUT2D eigenvalue weighted by molar-refractivity contribution is 5.89. The Hall–Kier alpha value is -3.22. The molecule has 7 nitrogen and oxygen atoms in total. The van der Waals surface area contributed by atoms with Gasteiger partial charge in [0.05, 0.1) is 16.9 Å². The van der Waals surface area contributed by atoms with E-state index in [1.54, 1.807) is 6.07 Å². The standard InChI is InChI=1S/C14H11N5O2/c15-11-8-10(14(20)21)6-7-12(11)19-13(16-17-18-19)9-4-2-1-3-5-9/h1-8H,15H2,(H,20,21). The van der Waals surface area contributed by atoms with Gasteiger partial charge < -0.3 is 10.8 Å². The molecule has 3 N–H and O–H groups in total. The van der Waals surface area contributed by atoms with E-state index in [1.807, 2.05) is 30.3 Å². The summed E-state index contributed by atoms with van der Waals surface area (Å²) in [6, 6.07) is 13.8. The summed E-state index contributed by atoms with van der Waals surface area (Å²) >= 11 is 0. The largest absolute Gasteiger partial charge is 0.478 e. The van der Waals surface area contributed by atoms with E-state index in [2.05, 4.69) is 15.5 Å². The van der Waals surface area contributed by atoms with Crippen molar-refractivity contribution in [2.24, 2.45) is 0 Å². The molecule has 1 heterocycles. The number of tetrazole rings is 1. The monoisotopic (exact) mass is 281 g/mol. The van der Waals surface area contributed by atoms with Crippen LogP contribution in [-0.4, -0.2) is 31.3 Å². The molecule has 0 saturated heterocycles. The van der Waals surface area contributed by atoms with E-state index in [-0.39, 0.29) is 5.56 Å². The van der Waals surface area contributed by atoms with Gasteiger partial charge in [0.15, 0.2) is 5.82 Å². The first-order valence-electron chi connectivity index (χ1n) is 6.14. The van der Waals surface area contributed by atoms with Crippen molar-refractivity contribution in [1.82, 2.24) is 20.2 Å². The van der Waals surface area contributed by atoms with Crippen LogP contribution in [0.3, 0.4) is 0 Å². The predicted octanol–water partition coefficient (Wildman–Crippen LogP) is 1.61. The molecule has 0 spiro atoms. The van der Waals surface area contributed by atoms with Gasteiger partial charge in [-0.2, -0.15) is 4.68 Å². The Morgan fingerprint density at radius 2 is 1.90 bits per heavy atom. The Labute approximate surface area is 119 Å². The molecule has 0 atom stereocenters. The number of carbonyl (C=O) groups is 1. The lowest BCUT2D eigenvalue weighted by Gasteiger charge is -2.08. The van der Waals surface area contributed by atoms with Gasteiger partial charge in [0.25, 0.3) is 0 Å². The average Bonchev–Trinajstić information content (AvgIpc) is 2.97. The SMILES string of the molecule is Nc1cc(C(=O)O)ccc1-n1nnnc1-c1ccccc1. The van der Waals surface area contributed by atoms with Crippen LogP contribution in [-0.2, 0) is 0 Å². The van der Waals surface area contributed by atoms with Crippen molar-refractivity contribution >= 4 is 11.7 Å². The van der Waals surface area contributed by atoms with Gasteiger partial charge in [0, 0.05) is 5.56 Å². The summed E-state index contributed by atoms with van der Waals surface area (Å²) in [6.07, 6.45) is 0. The smallest absolute Gasteiger partial charge is 0.335 e. The van der Waals surface area contributed by atoms with Crippen LogP contribution >= 0.6 is 0 Å². The van der Waals surface area contributed by atoms with E-state index < -0.39 is 5.97 Å². The van der Waals surface area contributed by atoms with Crippen molar-refractivity contribution in [3.63, 3.8) is 0 Å². The minimum atomic E-state index is -1.03. The molecule has 104 valence electrons. The number of benzene rings is 2. The van der Waals surface area contributed by atoms with Gasteiger partial charge in [0.2, 0.25) is 0 Å². The van der Waals surface area contributed by atoms with Gasteiger partial charge in [-0.3, -0.25) is 0 Å². The number of hydrogen-bond donors (Lipinski definition) is 2. The molecular formula is C14H11N5O2. The Bertz CT molecular complexity index is 798. The number of anilines is 1. The maximum absolute atomic E-state index is 10.9. The van der Waals surface area contributed by atoms with Crippen LogP contribution in [0.15, 0.2) is 48.5 Å². The maximum atomic E-state index is 10.9. The van der Waals surface area contributed by atoms with E-state index >= 15 is 0 Å². The van der Waals surface area contributed by atoms with E-state index in [4.69, 9.17) is 10.8 Å². The molecule has 0 bridgehead atoms. The van der Waals surface area contributed by atoms with Crippen LogP contribution in [0.1, 0.15) is 10.4 Å². The van der Waals surface area contributed by atoms with Gasteiger partial charge in [-0.1, -0.05) is 30.3 Å². The van der Waals surface area contributed by atoms with Gasteiger partial charge in [0.1, 0.15) is 0 Å². The first kappa shape index (κ1) is 12.8. The van der Waals surface area contributed by atoms with E-state index in [0.29, 0.717) is 17.2 Å². The molecule has 2 aromatic carbocycles. The van der Waals surface area contributed by atoms with Crippen LogP contribution in [0.5, 0.6) is 0 Å². The van der Waals surface area contributed by atoms with Crippen LogP contribution in [0.25, 0.3) is 17.1 Å². The lowest BCUT2D eigenvalue weighted by Crippen LogP contribution is -2.06. The number of carboxylic acid groups (broad SMARTS) is 1. The van der Waals surface area contributed by atoms with Crippen molar-refractivity contribution in [2.45, 2.75) is 0 Å². The molecule has 0 radical (unpaired) electrons. The average molecular weight is 281 g/mol. The minimum absolute atomic E-state index is 0.116. The molecule has 3 aromatic rings. The van der Waals surface area contributed by atoms with Gasteiger partial charge in [-0.15, -0.1) is 5.10 Å². The third-order valence-corrected chi connectivity index (χ3v) is 3.00. The van der Waals surface area contributed by atoms with Gasteiger partial charge in [-0.05, 0) is 28.6 Å². The van der Waals surface area contributed by atoms with Crippen molar-refractivity contribution < 1.29 is 9.90 Å². The van der Waals surface area contributed by atoms with Gasteiger partial charge in [-0.25, -0.2) is 4.79 Å². The summed E-state index contributed by atoms with van der Waals surface area (Å²) in [4.78, 5) is 10.9. The van der Waals surface area contributed by atoms with E-state index in [1.165, 1.54) is 16.8 Å². The second-order valence-corrected chi connectivity index (χ2v) is 4.36. The van der Waals surface area contributed by atoms with Crippen LogP contribution in [0.4, 0.5) is 5.69 Å². The lowest BCUT2D eigenvalue weighted by atomic mass is 10.1. The summed E-state index contributed by atoms with van der Waals surface area (Å²) < 4.78 is 1.48. The maximum Gasteiger partial charge on any atom is 0.335 e. The summed E-state index contributed by atoms with van der Waals surface area (Å²) in [6.45, 7) is 0. The number of nitrogens with two attached hydrogens (primary N) is 1. The van der Waals surface area contributed by atoms with Crippen molar-refractivity contribution in [3.05, 3.63) is 54.1 Å². The Kier molecular flexibility index (Phi) is 3.07. The summed E-state index contributed by atoms with van der Waals surface area (Å²) in [7, 11) is 0. The van der Waals surface area contributed by atoms with Crippen LogP contribution in [0, 0.1) is 0 Å². The van der Waals surface area contributed by atoms with Crippen LogP contribution in [0.2, 0.25) is 0 Å². The number of carboxylic acids is 1. The van der Waals surface area contributed by atoms with Crippen molar-refractivity contribution in [2.75, 3.05) is 5.73 Å². The summed E-state index contributed by atoms with van der Waals surface area (Å²) in [5.41, 5.74) is 7.69. The van der Waals surface area contributed by atoms with Crippen molar-refractivity contribution in [1.29, 1.82) is 0 Å². The Morgan fingerprint density at radius 1 is 1.14 bits per heavy atom. The molecule has 1 aromatic heterocycles. The first-order chi connectivity index (χ1) is 10.2. The van der Waals surface area contributed by atoms with Gasteiger partial charge >= 0.3 is 5.97 Å². The zero-order valence-corrected chi connectivity index (χ0v) is 10.8.